The number of esters is 1. The van der Waals surface area contributed by atoms with Crippen LogP contribution in [0, 0.1) is 5.82 Å². The summed E-state index contributed by atoms with van der Waals surface area (Å²) in [5, 5.41) is 0. The van der Waals surface area contributed by atoms with Gasteiger partial charge < -0.3 is 23.8 Å². The first kappa shape index (κ1) is 42.8. The van der Waals surface area contributed by atoms with Gasteiger partial charge in [0.2, 0.25) is 0 Å². The fourth-order valence-electron chi connectivity index (χ4n) is 5.49. The van der Waals surface area contributed by atoms with E-state index < -0.39 is 82.9 Å². The third-order valence-electron chi connectivity index (χ3n) is 7.80. The van der Waals surface area contributed by atoms with Gasteiger partial charge in [0.25, 0.3) is 0 Å². The van der Waals surface area contributed by atoms with Crippen molar-refractivity contribution in [3.05, 3.63) is 53.3 Å². The zero-order valence-corrected chi connectivity index (χ0v) is 32.3. The van der Waals surface area contributed by atoms with Gasteiger partial charge in [0.05, 0.1) is 11.7 Å². The number of ether oxygens (including phenoxy) is 4. The lowest BCUT2D eigenvalue weighted by Gasteiger charge is -2.36. The van der Waals surface area contributed by atoms with Crippen LogP contribution in [0.3, 0.4) is 0 Å². The maximum absolute atomic E-state index is 17.2. The maximum atomic E-state index is 17.2. The Bertz CT molecular complexity index is 1650. The number of carbonyl (C=O) groups is 4. The molecule has 1 heterocycles. The molecular weight excluding hydrogens is 702 g/mol. The van der Waals surface area contributed by atoms with Gasteiger partial charge in [0, 0.05) is 30.6 Å². The molecule has 53 heavy (non-hydrogen) atoms. The molecular formula is C38H51F4N3O8. The lowest BCUT2D eigenvalue weighted by atomic mass is 10.1. The summed E-state index contributed by atoms with van der Waals surface area (Å²) >= 11 is 0. The summed E-state index contributed by atoms with van der Waals surface area (Å²) < 4.78 is 82.2. The van der Waals surface area contributed by atoms with Gasteiger partial charge in [0.15, 0.2) is 5.82 Å². The van der Waals surface area contributed by atoms with Crippen molar-refractivity contribution >= 4 is 35.4 Å². The van der Waals surface area contributed by atoms with E-state index in [-0.39, 0.29) is 35.7 Å². The third-order valence-corrected chi connectivity index (χ3v) is 7.80. The van der Waals surface area contributed by atoms with Crippen molar-refractivity contribution in [2.24, 2.45) is 0 Å². The summed E-state index contributed by atoms with van der Waals surface area (Å²) in [6.07, 6.45) is -6.99. The largest absolute Gasteiger partial charge is 0.487 e. The van der Waals surface area contributed by atoms with Crippen LogP contribution in [0.25, 0.3) is 0 Å². The first-order chi connectivity index (χ1) is 24.2. The smallest absolute Gasteiger partial charge is 0.471 e. The SMILES string of the molecule is CC[C@@H](C)N(C[C@H]1Cc2c(cc(OCc3ccccc3)c(N(CC(=O)OC(C)(C)C)C(=O)C(F)(F)F)c2F)N1C(=O)OC(C)(C)C)C(=O)OC(C)(C)C. The average molecular weight is 754 g/mol. The van der Waals surface area contributed by atoms with Crippen molar-refractivity contribution in [1.82, 2.24) is 4.90 Å². The van der Waals surface area contributed by atoms with Crippen molar-refractivity contribution in [1.29, 1.82) is 0 Å². The van der Waals surface area contributed by atoms with Crippen LogP contribution in [0.4, 0.5) is 38.5 Å². The van der Waals surface area contributed by atoms with Gasteiger partial charge in [-0.25, -0.2) is 14.0 Å². The zero-order chi connectivity index (χ0) is 40.3. The van der Waals surface area contributed by atoms with Crippen molar-refractivity contribution in [3.63, 3.8) is 0 Å². The summed E-state index contributed by atoms with van der Waals surface area (Å²) in [5.41, 5.74) is -3.85. The fourth-order valence-corrected chi connectivity index (χ4v) is 5.49. The Kier molecular flexibility index (Phi) is 13.1. The van der Waals surface area contributed by atoms with E-state index in [1.807, 2.05) is 6.92 Å². The van der Waals surface area contributed by atoms with E-state index in [1.54, 1.807) is 78.8 Å². The highest BCUT2D eigenvalue weighted by Gasteiger charge is 2.48. The number of halogens is 4. The highest BCUT2D eigenvalue weighted by molar-refractivity contribution is 6.03. The number of alkyl halides is 3. The lowest BCUT2D eigenvalue weighted by molar-refractivity contribution is -0.171. The molecule has 1 aliphatic rings. The Balaban J connectivity index is 2.31. The number of hydrogen-bond acceptors (Lipinski definition) is 8. The molecule has 0 unspecified atom stereocenters. The number of anilines is 2. The summed E-state index contributed by atoms with van der Waals surface area (Å²) in [7, 11) is 0. The van der Waals surface area contributed by atoms with E-state index in [4.69, 9.17) is 18.9 Å². The monoisotopic (exact) mass is 753 g/mol. The van der Waals surface area contributed by atoms with Gasteiger partial charge in [-0.05, 0) is 81.2 Å². The molecule has 0 saturated carbocycles. The molecule has 0 bridgehead atoms. The molecule has 0 aromatic heterocycles. The molecule has 0 fully saturated rings. The predicted octanol–water partition coefficient (Wildman–Crippen LogP) is 8.34. The number of amides is 3. The highest BCUT2D eigenvalue weighted by Crippen LogP contribution is 2.46. The number of nitrogens with zero attached hydrogens (tertiary/aromatic N) is 3. The minimum Gasteiger partial charge on any atom is -0.487 e. The van der Waals surface area contributed by atoms with E-state index >= 15 is 4.39 Å². The Morgan fingerprint density at radius 3 is 1.96 bits per heavy atom. The lowest BCUT2D eigenvalue weighted by Crippen LogP contribution is -2.51. The summed E-state index contributed by atoms with van der Waals surface area (Å²) in [6, 6.07) is 8.15. The van der Waals surface area contributed by atoms with E-state index in [0.717, 1.165) is 11.0 Å². The number of rotatable bonds is 10. The van der Waals surface area contributed by atoms with E-state index in [0.29, 0.717) is 12.0 Å². The Hall–Kier alpha value is -4.56. The van der Waals surface area contributed by atoms with Crippen LogP contribution in [-0.4, -0.2) is 77.1 Å². The van der Waals surface area contributed by atoms with Crippen LogP contribution < -0.4 is 14.5 Å². The molecule has 1 aliphatic heterocycles. The molecule has 0 spiro atoms. The van der Waals surface area contributed by atoms with Gasteiger partial charge in [-0.3, -0.25) is 19.4 Å². The Morgan fingerprint density at radius 2 is 1.45 bits per heavy atom. The van der Waals surface area contributed by atoms with Crippen molar-refractivity contribution in [2.45, 2.75) is 131 Å². The topological polar surface area (TPSA) is 115 Å². The fraction of sp³-hybridized carbons (Fsp3) is 0.579. The second-order valence-electron chi connectivity index (χ2n) is 15.9. The molecule has 294 valence electrons. The van der Waals surface area contributed by atoms with E-state index in [1.165, 1.54) is 25.7 Å². The van der Waals surface area contributed by atoms with Gasteiger partial charge in [-0.2, -0.15) is 13.2 Å². The molecule has 2 aromatic rings. The first-order valence-electron chi connectivity index (χ1n) is 17.4. The van der Waals surface area contributed by atoms with Gasteiger partial charge in [0.1, 0.15) is 41.4 Å². The summed E-state index contributed by atoms with van der Waals surface area (Å²) in [4.78, 5) is 55.8. The molecule has 0 aliphatic carbocycles. The molecule has 0 N–H and O–H groups in total. The summed E-state index contributed by atoms with van der Waals surface area (Å²) in [5.74, 6) is -5.68. The predicted molar refractivity (Wildman–Crippen MR) is 190 cm³/mol. The minimum atomic E-state index is -5.54. The molecule has 2 atom stereocenters. The Labute approximate surface area is 308 Å². The highest BCUT2D eigenvalue weighted by atomic mass is 19.4. The molecule has 0 radical (unpaired) electrons. The van der Waals surface area contributed by atoms with Crippen molar-refractivity contribution in [2.75, 3.05) is 22.9 Å². The third kappa shape index (κ3) is 11.7. The molecule has 11 nitrogen and oxygen atoms in total. The normalized spacial score (nSPS) is 15.3. The van der Waals surface area contributed by atoms with E-state index in [2.05, 4.69) is 0 Å². The molecule has 2 aromatic carbocycles. The van der Waals surface area contributed by atoms with Crippen LogP contribution in [-0.2, 0) is 36.8 Å². The summed E-state index contributed by atoms with van der Waals surface area (Å²) in [6.45, 7) is 16.2. The average Bonchev–Trinajstić information content (AvgIpc) is 3.37. The number of fused-ring (bicyclic) bond motifs is 1. The molecule has 15 heteroatoms. The van der Waals surface area contributed by atoms with Gasteiger partial charge >= 0.3 is 30.2 Å². The van der Waals surface area contributed by atoms with Crippen molar-refractivity contribution in [3.8, 4) is 5.75 Å². The zero-order valence-electron chi connectivity index (χ0n) is 32.3. The van der Waals surface area contributed by atoms with Crippen LogP contribution in [0.15, 0.2) is 36.4 Å². The first-order valence-corrected chi connectivity index (χ1v) is 17.4. The maximum Gasteiger partial charge on any atom is 0.471 e. The van der Waals surface area contributed by atoms with Crippen LogP contribution >= 0.6 is 0 Å². The van der Waals surface area contributed by atoms with Crippen molar-refractivity contribution < 1.29 is 55.7 Å². The van der Waals surface area contributed by atoms with Gasteiger partial charge in [-0.1, -0.05) is 37.3 Å². The molecule has 0 saturated heterocycles. The second-order valence-corrected chi connectivity index (χ2v) is 15.9. The molecule has 3 rings (SSSR count). The minimum absolute atomic E-state index is 0.0543. The van der Waals surface area contributed by atoms with Gasteiger partial charge in [-0.15, -0.1) is 0 Å². The quantitative estimate of drug-likeness (QED) is 0.135. The van der Waals surface area contributed by atoms with Crippen LogP contribution in [0.2, 0.25) is 0 Å². The Morgan fingerprint density at radius 1 is 0.887 bits per heavy atom. The standard InChI is InChI=1S/C38H51F4N3O8/c1-12-23(2)43(33(48)52-36(6,7)8)20-25-18-26-27(45(25)34(49)53-37(9,10)11)19-28(50-22-24-16-14-13-15-17-24)31(30(26)39)44(32(47)38(40,41)42)21-29(46)51-35(3,4)5/h13-17,19,23,25H,12,18,20-22H2,1-11H3/t23-,25-/m1/s1. The second kappa shape index (κ2) is 16.2. The number of hydrogen-bond donors (Lipinski definition) is 0. The van der Waals surface area contributed by atoms with E-state index in [9.17, 15) is 32.3 Å². The number of carbonyl (C=O) groups excluding carboxylic acids is 4. The number of benzene rings is 2. The van der Waals surface area contributed by atoms with Crippen LogP contribution in [0.5, 0.6) is 5.75 Å². The van der Waals surface area contributed by atoms with Crippen LogP contribution in [0.1, 0.15) is 93.7 Å². The molecule has 3 amide bonds.